The molecule has 0 unspecified atom stereocenters. The molecule has 1 aliphatic heterocycles. The van der Waals surface area contributed by atoms with Gasteiger partial charge in [0, 0.05) is 0 Å². The first-order valence-corrected chi connectivity index (χ1v) is 17.0. The molecule has 7 rings (SSSR count). The molecule has 0 saturated carbocycles. The molecular formula is C40H33O2P. The molecule has 1 heterocycles. The minimum absolute atomic E-state index is 0.0950. The van der Waals surface area contributed by atoms with Gasteiger partial charge in [0.25, 0.3) is 0 Å². The summed E-state index contributed by atoms with van der Waals surface area (Å²) in [6.45, 7) is -3.95. The molecule has 1 aliphatic rings. The second kappa shape index (κ2) is 11.2. The van der Waals surface area contributed by atoms with Crippen molar-refractivity contribution in [1.82, 2.24) is 0 Å². The fourth-order valence-corrected chi connectivity index (χ4v) is 14.3. The Kier molecular flexibility index (Phi) is 7.11. The first-order chi connectivity index (χ1) is 21.2. The van der Waals surface area contributed by atoms with Crippen molar-refractivity contribution in [2.24, 2.45) is 5.92 Å². The van der Waals surface area contributed by atoms with Gasteiger partial charge < -0.3 is 0 Å². The van der Waals surface area contributed by atoms with E-state index in [1.165, 1.54) is 0 Å². The van der Waals surface area contributed by atoms with Gasteiger partial charge in [-0.25, -0.2) is 0 Å². The Morgan fingerprint density at radius 1 is 0.442 bits per heavy atom. The van der Waals surface area contributed by atoms with Crippen molar-refractivity contribution in [1.29, 1.82) is 0 Å². The predicted molar refractivity (Wildman–Crippen MR) is 179 cm³/mol. The molecule has 0 amide bonds. The Hall–Kier alpha value is -4.62. The molecule has 0 bridgehead atoms. The molecule has 0 aromatic heterocycles. The summed E-state index contributed by atoms with van der Waals surface area (Å²) in [5.41, 5.74) is 2.51. The van der Waals surface area contributed by atoms with E-state index in [1.807, 2.05) is 54.6 Å². The van der Waals surface area contributed by atoms with Crippen molar-refractivity contribution in [3.8, 4) is 0 Å². The molecule has 43 heavy (non-hydrogen) atoms. The maximum atomic E-state index is 15.1. The van der Waals surface area contributed by atoms with Gasteiger partial charge in [0.05, 0.1) is 0 Å². The normalized spacial score (nSPS) is 21.3. The molecule has 0 N–H and O–H groups in total. The zero-order chi connectivity index (χ0) is 29.1. The van der Waals surface area contributed by atoms with Crippen LogP contribution >= 0.6 is 6.83 Å². The van der Waals surface area contributed by atoms with Crippen molar-refractivity contribution in [3.05, 3.63) is 199 Å². The molecule has 1 saturated heterocycles. The number of carbonyl (C=O) groups excluding carboxylic acids is 1. The molecule has 0 radical (unpaired) electrons. The second-order valence-electron chi connectivity index (χ2n) is 11.2. The van der Waals surface area contributed by atoms with Crippen molar-refractivity contribution in [2.45, 2.75) is 11.8 Å². The molecule has 0 aliphatic carbocycles. The first-order valence-electron chi connectivity index (χ1n) is 14.8. The molecule has 3 heteroatoms. The maximum absolute atomic E-state index is 15.1. The Balaban J connectivity index is 1.69. The van der Waals surface area contributed by atoms with E-state index in [-0.39, 0.29) is 11.4 Å². The van der Waals surface area contributed by atoms with Crippen molar-refractivity contribution in [2.75, 3.05) is 0 Å². The van der Waals surface area contributed by atoms with E-state index < -0.39 is 18.9 Å². The van der Waals surface area contributed by atoms with E-state index >= 15 is 4.79 Å². The van der Waals surface area contributed by atoms with E-state index in [4.69, 9.17) is 4.52 Å². The summed E-state index contributed by atoms with van der Waals surface area (Å²) in [6, 6.07) is 62.7. The van der Waals surface area contributed by atoms with Gasteiger partial charge in [-0.15, -0.1) is 0 Å². The summed E-state index contributed by atoms with van der Waals surface area (Å²) in [5, 5.41) is 3.34. The standard InChI is InChI=1S/C40H33O2P/c41-38(31-19-7-1-8-20-31)37-39(32-21-9-2-10-22-32)42-43(34-25-13-4-14-26-34,35-27-15-5-16-28-35,36-29-17-6-18-30-36)40(37)33-23-11-3-12-24-33/h1-30,37,39-40H/t37-,39+,40-/m0/s1. The van der Waals surface area contributed by atoms with Crippen LogP contribution in [0.4, 0.5) is 0 Å². The predicted octanol–water partition coefficient (Wildman–Crippen LogP) is 8.44. The Labute approximate surface area is 253 Å². The summed E-state index contributed by atoms with van der Waals surface area (Å²) < 4.78 is 8.01. The average Bonchev–Trinajstić information content (AvgIpc) is 3.45. The van der Waals surface area contributed by atoms with E-state index in [0.717, 1.165) is 27.0 Å². The van der Waals surface area contributed by atoms with Crippen LogP contribution in [0.3, 0.4) is 0 Å². The van der Waals surface area contributed by atoms with Gasteiger partial charge in [-0.2, -0.15) is 0 Å². The summed E-state index contributed by atoms with van der Waals surface area (Å²) in [4.78, 5) is 15.1. The summed E-state index contributed by atoms with van der Waals surface area (Å²) in [7, 11) is 0. The van der Waals surface area contributed by atoms with Crippen LogP contribution in [0.15, 0.2) is 182 Å². The number of Topliss-reactive ketones (excluding diaryl/α,β-unsaturated/α-hetero) is 1. The molecule has 0 spiro atoms. The molecule has 210 valence electrons. The van der Waals surface area contributed by atoms with Crippen LogP contribution in [0.1, 0.15) is 33.2 Å². The average molecular weight is 577 g/mol. The van der Waals surface area contributed by atoms with Crippen LogP contribution in [0.25, 0.3) is 0 Å². The topological polar surface area (TPSA) is 26.3 Å². The van der Waals surface area contributed by atoms with Gasteiger partial charge in [-0.05, 0) is 0 Å². The number of benzene rings is 6. The molecule has 6 aromatic carbocycles. The summed E-state index contributed by atoms with van der Waals surface area (Å²) >= 11 is 0. The second-order valence-corrected chi connectivity index (χ2v) is 15.7. The van der Waals surface area contributed by atoms with Crippen molar-refractivity contribution < 1.29 is 9.32 Å². The van der Waals surface area contributed by atoms with Gasteiger partial charge in [0.1, 0.15) is 0 Å². The van der Waals surface area contributed by atoms with Crippen molar-refractivity contribution in [3.63, 3.8) is 0 Å². The number of carbonyl (C=O) groups is 1. The Morgan fingerprint density at radius 2 is 0.791 bits per heavy atom. The fourth-order valence-electron chi connectivity index (χ4n) is 7.25. The fraction of sp³-hybridized carbons (Fsp3) is 0.0750. The molecule has 2 nitrogen and oxygen atoms in total. The molecular weight excluding hydrogens is 543 g/mol. The Bertz CT molecular complexity index is 1710. The van der Waals surface area contributed by atoms with Gasteiger partial charge in [0.2, 0.25) is 0 Å². The first kappa shape index (κ1) is 27.2. The third kappa shape index (κ3) is 4.21. The number of hydrogen-bond acceptors (Lipinski definition) is 2. The number of rotatable bonds is 7. The third-order valence-corrected chi connectivity index (χ3v) is 15.3. The van der Waals surface area contributed by atoms with Crippen LogP contribution in [0.5, 0.6) is 0 Å². The minimum atomic E-state index is -3.95. The van der Waals surface area contributed by atoms with Crippen molar-refractivity contribution >= 4 is 28.5 Å². The van der Waals surface area contributed by atoms with Gasteiger partial charge in [-0.1, -0.05) is 0 Å². The third-order valence-electron chi connectivity index (χ3n) is 8.97. The van der Waals surface area contributed by atoms with E-state index in [1.54, 1.807) is 0 Å². The Morgan fingerprint density at radius 3 is 1.21 bits per heavy atom. The molecule has 6 aromatic rings. The van der Waals surface area contributed by atoms with Crippen LogP contribution < -0.4 is 15.9 Å². The van der Waals surface area contributed by atoms with Crippen LogP contribution in [0, 0.1) is 5.92 Å². The zero-order valence-electron chi connectivity index (χ0n) is 23.8. The summed E-state index contributed by atoms with van der Waals surface area (Å²) in [5.74, 6) is -0.400. The summed E-state index contributed by atoms with van der Waals surface area (Å²) in [6.07, 6.45) is -0.489. The van der Waals surface area contributed by atoms with Crippen LogP contribution in [0.2, 0.25) is 0 Å². The van der Waals surface area contributed by atoms with Gasteiger partial charge in [-0.3, -0.25) is 0 Å². The quantitative estimate of drug-likeness (QED) is 0.141. The number of hydrogen-bond donors (Lipinski definition) is 0. The number of ketones is 1. The van der Waals surface area contributed by atoms with Gasteiger partial charge >= 0.3 is 254 Å². The van der Waals surface area contributed by atoms with Crippen LogP contribution in [-0.2, 0) is 4.52 Å². The van der Waals surface area contributed by atoms with E-state index in [9.17, 15) is 0 Å². The van der Waals surface area contributed by atoms with Crippen LogP contribution in [-0.4, -0.2) is 5.78 Å². The molecule has 3 atom stereocenters. The SMILES string of the molecule is O=C(c1ccccc1)[C@H]1[C@@H](c2ccccc2)OP(c2ccccc2)(c2ccccc2)(c2ccccc2)[C@H]1c1ccccc1. The van der Waals surface area contributed by atoms with Gasteiger partial charge in [0.15, 0.2) is 0 Å². The van der Waals surface area contributed by atoms with E-state index in [0.29, 0.717) is 5.56 Å². The monoisotopic (exact) mass is 576 g/mol. The van der Waals surface area contributed by atoms with E-state index in [2.05, 4.69) is 127 Å². The molecule has 1 fully saturated rings. The zero-order valence-corrected chi connectivity index (χ0v) is 24.7.